The minimum atomic E-state index is -0.738. The highest BCUT2D eigenvalue weighted by atomic mass is 16.2. The number of carbonyl (C=O) groups excluding carboxylic acids is 1. The number of nitrogens with one attached hydrogen (secondary N) is 1. The molecule has 3 N–H and O–H groups in total. The van der Waals surface area contributed by atoms with E-state index in [4.69, 9.17) is 5.73 Å². The van der Waals surface area contributed by atoms with Gasteiger partial charge in [0.2, 0.25) is 0 Å². The number of hydrogen-bond acceptors (Lipinski definition) is 3. The number of rotatable bonds is 3. The van der Waals surface area contributed by atoms with Crippen molar-refractivity contribution in [1.29, 1.82) is 0 Å². The summed E-state index contributed by atoms with van der Waals surface area (Å²) in [7, 11) is 0. The SMILES string of the molecule is Cc1[nH]c(=O)c(C(N)=O)cc1-c1ccc(-n2ccnc2)cc1. The molecule has 6 heteroatoms. The summed E-state index contributed by atoms with van der Waals surface area (Å²) in [5.41, 5.74) is 8.03. The molecule has 110 valence electrons. The topological polar surface area (TPSA) is 93.8 Å². The number of aromatic nitrogens is 3. The zero-order valence-corrected chi connectivity index (χ0v) is 11.9. The van der Waals surface area contributed by atoms with Crippen LogP contribution in [0.2, 0.25) is 0 Å². The number of imidazole rings is 1. The van der Waals surface area contributed by atoms with Crippen molar-refractivity contribution in [2.75, 3.05) is 0 Å². The number of primary amides is 1. The van der Waals surface area contributed by atoms with Crippen LogP contribution < -0.4 is 11.3 Å². The van der Waals surface area contributed by atoms with Crippen molar-refractivity contribution in [3.05, 3.63) is 70.7 Å². The lowest BCUT2D eigenvalue weighted by Crippen LogP contribution is -2.24. The molecule has 0 radical (unpaired) electrons. The van der Waals surface area contributed by atoms with Crippen LogP contribution in [-0.2, 0) is 0 Å². The second kappa shape index (κ2) is 5.33. The maximum Gasteiger partial charge on any atom is 0.261 e. The van der Waals surface area contributed by atoms with Crippen molar-refractivity contribution in [3.63, 3.8) is 0 Å². The van der Waals surface area contributed by atoms with Crippen molar-refractivity contribution < 1.29 is 4.79 Å². The number of pyridine rings is 1. The zero-order valence-electron chi connectivity index (χ0n) is 11.9. The molecule has 6 nitrogen and oxygen atoms in total. The van der Waals surface area contributed by atoms with Gasteiger partial charge in [0.1, 0.15) is 5.56 Å². The molecule has 0 atom stereocenters. The fourth-order valence-electron chi connectivity index (χ4n) is 2.33. The van der Waals surface area contributed by atoms with Gasteiger partial charge in [-0.1, -0.05) is 12.1 Å². The summed E-state index contributed by atoms with van der Waals surface area (Å²) >= 11 is 0. The van der Waals surface area contributed by atoms with E-state index in [-0.39, 0.29) is 5.56 Å². The third-order valence-electron chi connectivity index (χ3n) is 3.48. The predicted molar refractivity (Wildman–Crippen MR) is 82.9 cm³/mol. The summed E-state index contributed by atoms with van der Waals surface area (Å²) in [5.74, 6) is -0.738. The number of aryl methyl sites for hydroxylation is 1. The monoisotopic (exact) mass is 294 g/mol. The van der Waals surface area contributed by atoms with Gasteiger partial charge in [0.25, 0.3) is 11.5 Å². The van der Waals surface area contributed by atoms with E-state index in [0.717, 1.165) is 16.8 Å². The van der Waals surface area contributed by atoms with Gasteiger partial charge in [-0.05, 0) is 30.7 Å². The Morgan fingerprint density at radius 2 is 2.00 bits per heavy atom. The number of nitrogens with two attached hydrogens (primary N) is 1. The van der Waals surface area contributed by atoms with Gasteiger partial charge < -0.3 is 15.3 Å². The minimum absolute atomic E-state index is 0.0423. The Balaban J connectivity index is 2.06. The Morgan fingerprint density at radius 3 is 2.59 bits per heavy atom. The van der Waals surface area contributed by atoms with Crippen LogP contribution in [0.4, 0.5) is 0 Å². The van der Waals surface area contributed by atoms with Gasteiger partial charge in [-0.2, -0.15) is 0 Å². The van der Waals surface area contributed by atoms with Crippen molar-refractivity contribution in [1.82, 2.24) is 14.5 Å². The average Bonchev–Trinajstić information content (AvgIpc) is 3.01. The van der Waals surface area contributed by atoms with Crippen LogP contribution in [0.25, 0.3) is 16.8 Å². The van der Waals surface area contributed by atoms with E-state index in [1.165, 1.54) is 6.07 Å². The lowest BCUT2D eigenvalue weighted by atomic mass is 10.0. The lowest BCUT2D eigenvalue weighted by Gasteiger charge is -2.09. The second-order valence-electron chi connectivity index (χ2n) is 4.93. The number of H-pyrrole nitrogens is 1. The van der Waals surface area contributed by atoms with Crippen molar-refractivity contribution >= 4 is 5.91 Å². The first kappa shape index (κ1) is 13.8. The third-order valence-corrected chi connectivity index (χ3v) is 3.48. The fraction of sp³-hybridized carbons (Fsp3) is 0.0625. The molecule has 1 amide bonds. The van der Waals surface area contributed by atoms with Crippen LogP contribution in [0.5, 0.6) is 0 Å². The summed E-state index contributed by atoms with van der Waals surface area (Å²) in [5, 5.41) is 0. The standard InChI is InChI=1S/C16H14N4O2/c1-10-13(8-14(15(17)21)16(22)19-10)11-2-4-12(5-3-11)20-7-6-18-9-20/h2-9H,1H3,(H2,17,21)(H,19,22). The molecule has 0 spiro atoms. The summed E-state index contributed by atoms with van der Waals surface area (Å²) in [6.07, 6.45) is 5.27. The minimum Gasteiger partial charge on any atom is -0.365 e. The van der Waals surface area contributed by atoms with Gasteiger partial charge in [0.15, 0.2) is 0 Å². The molecule has 0 unspecified atom stereocenters. The molecule has 0 saturated heterocycles. The van der Waals surface area contributed by atoms with Crippen LogP contribution in [0.3, 0.4) is 0 Å². The Bertz CT molecular complexity index is 878. The van der Waals surface area contributed by atoms with Crippen LogP contribution in [0, 0.1) is 6.92 Å². The number of nitrogens with zero attached hydrogens (tertiary/aromatic N) is 2. The molecule has 2 aromatic heterocycles. The highest BCUT2D eigenvalue weighted by Crippen LogP contribution is 2.23. The predicted octanol–water partition coefficient (Wildman–Crippen LogP) is 1.63. The first-order valence-electron chi connectivity index (χ1n) is 6.69. The van der Waals surface area contributed by atoms with E-state index in [1.54, 1.807) is 19.4 Å². The van der Waals surface area contributed by atoms with Crippen molar-refractivity contribution in [2.45, 2.75) is 6.92 Å². The Kier molecular flexibility index (Phi) is 3.34. The molecule has 22 heavy (non-hydrogen) atoms. The smallest absolute Gasteiger partial charge is 0.261 e. The first-order valence-corrected chi connectivity index (χ1v) is 6.69. The first-order chi connectivity index (χ1) is 10.6. The van der Waals surface area contributed by atoms with E-state index in [1.807, 2.05) is 35.0 Å². The molecule has 0 aliphatic carbocycles. The van der Waals surface area contributed by atoms with Gasteiger partial charge in [-0.25, -0.2) is 4.98 Å². The lowest BCUT2D eigenvalue weighted by molar-refractivity contribution is 0.0999. The van der Waals surface area contributed by atoms with E-state index < -0.39 is 11.5 Å². The van der Waals surface area contributed by atoms with Crippen molar-refractivity contribution in [2.24, 2.45) is 5.73 Å². The molecule has 0 saturated carbocycles. The largest absolute Gasteiger partial charge is 0.365 e. The number of amides is 1. The van der Waals surface area contributed by atoms with Crippen LogP contribution in [0.1, 0.15) is 16.1 Å². The van der Waals surface area contributed by atoms with Crippen molar-refractivity contribution in [3.8, 4) is 16.8 Å². The Hall–Kier alpha value is -3.15. The summed E-state index contributed by atoms with van der Waals surface area (Å²) in [4.78, 5) is 29.7. The number of hydrogen-bond donors (Lipinski definition) is 2. The molecule has 0 aliphatic rings. The molecule has 0 aliphatic heterocycles. The number of carbonyl (C=O) groups is 1. The van der Waals surface area contributed by atoms with E-state index in [2.05, 4.69) is 9.97 Å². The molecular weight excluding hydrogens is 280 g/mol. The Morgan fingerprint density at radius 1 is 1.27 bits per heavy atom. The molecule has 3 aromatic rings. The van der Waals surface area contributed by atoms with E-state index >= 15 is 0 Å². The number of aromatic amines is 1. The average molecular weight is 294 g/mol. The normalized spacial score (nSPS) is 10.6. The van der Waals surface area contributed by atoms with E-state index in [9.17, 15) is 9.59 Å². The van der Waals surface area contributed by atoms with Gasteiger partial charge in [0, 0.05) is 29.3 Å². The van der Waals surface area contributed by atoms with Gasteiger partial charge in [-0.3, -0.25) is 9.59 Å². The summed E-state index contributed by atoms with van der Waals surface area (Å²) < 4.78 is 1.89. The van der Waals surface area contributed by atoms with Crippen LogP contribution in [-0.4, -0.2) is 20.4 Å². The number of benzene rings is 1. The third kappa shape index (κ3) is 2.42. The summed E-state index contributed by atoms with van der Waals surface area (Å²) in [6, 6.07) is 9.24. The Labute approximate surface area is 126 Å². The molecule has 1 aromatic carbocycles. The maximum absolute atomic E-state index is 11.7. The van der Waals surface area contributed by atoms with E-state index in [0.29, 0.717) is 5.69 Å². The molecule has 0 bridgehead atoms. The second-order valence-corrected chi connectivity index (χ2v) is 4.93. The van der Waals surface area contributed by atoms with Crippen LogP contribution in [0.15, 0.2) is 53.8 Å². The highest BCUT2D eigenvalue weighted by molar-refractivity contribution is 5.93. The highest BCUT2D eigenvalue weighted by Gasteiger charge is 2.11. The molecule has 0 fully saturated rings. The molecule has 3 rings (SSSR count). The quantitative estimate of drug-likeness (QED) is 0.768. The van der Waals surface area contributed by atoms with Gasteiger partial charge >= 0.3 is 0 Å². The molecular formula is C16H14N4O2. The summed E-state index contributed by atoms with van der Waals surface area (Å²) in [6.45, 7) is 1.78. The van der Waals surface area contributed by atoms with Gasteiger partial charge in [-0.15, -0.1) is 0 Å². The fourth-order valence-corrected chi connectivity index (χ4v) is 2.33. The zero-order chi connectivity index (χ0) is 15.7. The maximum atomic E-state index is 11.7. The van der Waals surface area contributed by atoms with Gasteiger partial charge in [0.05, 0.1) is 6.33 Å². The molecule has 2 heterocycles. The van der Waals surface area contributed by atoms with Crippen LogP contribution >= 0.6 is 0 Å².